The third-order valence-corrected chi connectivity index (χ3v) is 4.87. The minimum absolute atomic E-state index is 0.0353. The average Bonchev–Trinajstić information content (AvgIpc) is 2.93. The van der Waals surface area contributed by atoms with Gasteiger partial charge in [-0.3, -0.25) is 9.69 Å². The molecular formula is C18H19IN2O. The van der Waals surface area contributed by atoms with Gasteiger partial charge >= 0.3 is 0 Å². The highest BCUT2D eigenvalue weighted by Gasteiger charge is 2.26. The molecule has 0 aromatic heterocycles. The molecule has 1 aliphatic rings. The lowest BCUT2D eigenvalue weighted by atomic mass is 10.1. The Morgan fingerprint density at radius 3 is 2.73 bits per heavy atom. The Balaban J connectivity index is 1.61. The van der Waals surface area contributed by atoms with Crippen LogP contribution in [0.25, 0.3) is 0 Å². The molecule has 1 atom stereocenters. The van der Waals surface area contributed by atoms with Crippen LogP contribution in [0.3, 0.4) is 0 Å². The van der Waals surface area contributed by atoms with Crippen LogP contribution in [0.4, 0.5) is 5.69 Å². The number of fused-ring (bicyclic) bond motifs is 1. The van der Waals surface area contributed by atoms with E-state index in [1.807, 2.05) is 31.3 Å². The molecule has 2 aromatic carbocycles. The number of likely N-dealkylation sites (N-methyl/N-ethyl adjacent to an activating group) is 1. The number of carbonyl (C=O) groups excluding carboxylic acids is 1. The Bertz CT molecular complexity index is 669. The Kier molecular flexibility index (Phi) is 4.78. The molecule has 0 unspecified atom stereocenters. The van der Waals surface area contributed by atoms with Crippen molar-refractivity contribution in [3.63, 3.8) is 0 Å². The summed E-state index contributed by atoms with van der Waals surface area (Å²) in [5.74, 6) is 0.0353. The Morgan fingerprint density at radius 1 is 1.23 bits per heavy atom. The molecule has 22 heavy (non-hydrogen) atoms. The summed E-state index contributed by atoms with van der Waals surface area (Å²) in [4.78, 5) is 14.4. The van der Waals surface area contributed by atoms with E-state index in [1.165, 1.54) is 11.1 Å². The van der Waals surface area contributed by atoms with Crippen molar-refractivity contribution in [1.29, 1.82) is 0 Å². The van der Waals surface area contributed by atoms with E-state index in [1.54, 1.807) is 0 Å². The van der Waals surface area contributed by atoms with Gasteiger partial charge in [-0.2, -0.15) is 0 Å². The number of hydrogen-bond donors (Lipinski definition) is 1. The summed E-state index contributed by atoms with van der Waals surface area (Å²) in [5, 5.41) is 2.96. The van der Waals surface area contributed by atoms with E-state index in [4.69, 9.17) is 0 Å². The number of nitrogens with zero attached hydrogens (tertiary/aromatic N) is 1. The van der Waals surface area contributed by atoms with Crippen molar-refractivity contribution in [2.45, 2.75) is 18.9 Å². The first kappa shape index (κ1) is 15.5. The summed E-state index contributed by atoms with van der Waals surface area (Å²) in [6.45, 7) is 0.408. The van der Waals surface area contributed by atoms with Crippen LogP contribution in [0, 0.1) is 3.57 Å². The molecule has 0 radical (unpaired) electrons. The third-order valence-electron chi connectivity index (χ3n) is 4.15. The topological polar surface area (TPSA) is 32.3 Å². The molecular weight excluding hydrogens is 387 g/mol. The molecule has 2 aromatic rings. The second kappa shape index (κ2) is 6.79. The van der Waals surface area contributed by atoms with Crippen molar-refractivity contribution < 1.29 is 4.79 Å². The summed E-state index contributed by atoms with van der Waals surface area (Å²) in [6.07, 6.45) is 2.19. The van der Waals surface area contributed by atoms with E-state index in [2.05, 4.69) is 57.1 Å². The summed E-state index contributed by atoms with van der Waals surface area (Å²) >= 11 is 2.26. The Labute approximate surface area is 144 Å². The monoisotopic (exact) mass is 406 g/mol. The molecule has 0 saturated heterocycles. The van der Waals surface area contributed by atoms with Crippen LogP contribution >= 0.6 is 22.6 Å². The number of anilines is 1. The Hall–Kier alpha value is -1.40. The van der Waals surface area contributed by atoms with Crippen LogP contribution in [-0.2, 0) is 11.2 Å². The van der Waals surface area contributed by atoms with Crippen LogP contribution in [0.5, 0.6) is 0 Å². The number of benzene rings is 2. The van der Waals surface area contributed by atoms with Gasteiger partial charge in [-0.1, -0.05) is 24.3 Å². The van der Waals surface area contributed by atoms with Gasteiger partial charge in [0, 0.05) is 15.3 Å². The van der Waals surface area contributed by atoms with Gasteiger partial charge in [0.05, 0.1) is 6.54 Å². The number of amides is 1. The predicted molar refractivity (Wildman–Crippen MR) is 97.9 cm³/mol. The fourth-order valence-electron chi connectivity index (χ4n) is 3.06. The van der Waals surface area contributed by atoms with Gasteiger partial charge in [0.2, 0.25) is 5.91 Å². The van der Waals surface area contributed by atoms with Crippen molar-refractivity contribution in [1.82, 2.24) is 4.90 Å². The van der Waals surface area contributed by atoms with E-state index < -0.39 is 0 Å². The van der Waals surface area contributed by atoms with Crippen molar-refractivity contribution in [2.75, 3.05) is 18.9 Å². The SMILES string of the molecule is CN(CC(=O)Nc1ccc(I)cc1)[C@@H]1CCc2ccccc21. The molecule has 0 spiro atoms. The van der Waals surface area contributed by atoms with Crippen molar-refractivity contribution >= 4 is 34.2 Å². The molecule has 1 N–H and O–H groups in total. The molecule has 114 valence electrons. The average molecular weight is 406 g/mol. The van der Waals surface area contributed by atoms with Gasteiger partial charge < -0.3 is 5.32 Å². The van der Waals surface area contributed by atoms with Crippen molar-refractivity contribution in [2.24, 2.45) is 0 Å². The lowest BCUT2D eigenvalue weighted by Gasteiger charge is -2.24. The first-order valence-electron chi connectivity index (χ1n) is 7.47. The number of halogens is 1. The molecule has 0 fully saturated rings. The number of rotatable bonds is 4. The maximum Gasteiger partial charge on any atom is 0.238 e. The molecule has 1 aliphatic carbocycles. The van der Waals surface area contributed by atoms with E-state index >= 15 is 0 Å². The number of aryl methyl sites for hydroxylation is 1. The zero-order valence-corrected chi connectivity index (χ0v) is 14.7. The van der Waals surface area contributed by atoms with Gasteiger partial charge in [-0.05, 0) is 77.9 Å². The smallest absolute Gasteiger partial charge is 0.238 e. The number of nitrogens with one attached hydrogen (secondary N) is 1. The summed E-state index contributed by atoms with van der Waals surface area (Å²) < 4.78 is 1.16. The molecule has 0 heterocycles. The quantitative estimate of drug-likeness (QED) is 0.783. The minimum atomic E-state index is 0.0353. The van der Waals surface area contributed by atoms with Gasteiger partial charge in [-0.15, -0.1) is 0 Å². The number of carbonyl (C=O) groups is 1. The fraction of sp³-hybridized carbons (Fsp3) is 0.278. The standard InChI is InChI=1S/C18H19IN2O/c1-21(17-11-6-13-4-2-3-5-16(13)17)12-18(22)20-15-9-7-14(19)8-10-15/h2-5,7-10,17H,6,11-12H2,1H3,(H,20,22)/t17-/m1/s1. The largest absolute Gasteiger partial charge is 0.325 e. The fourth-order valence-corrected chi connectivity index (χ4v) is 3.42. The Morgan fingerprint density at radius 2 is 1.95 bits per heavy atom. The second-order valence-corrected chi connectivity index (χ2v) is 6.97. The van der Waals surface area contributed by atoms with Crippen LogP contribution in [0.15, 0.2) is 48.5 Å². The zero-order chi connectivity index (χ0) is 15.5. The van der Waals surface area contributed by atoms with Gasteiger partial charge in [0.15, 0.2) is 0 Å². The van der Waals surface area contributed by atoms with E-state index in [0.29, 0.717) is 12.6 Å². The number of hydrogen-bond acceptors (Lipinski definition) is 2. The lowest BCUT2D eigenvalue weighted by Crippen LogP contribution is -2.32. The van der Waals surface area contributed by atoms with Crippen molar-refractivity contribution in [3.8, 4) is 0 Å². The minimum Gasteiger partial charge on any atom is -0.325 e. The van der Waals surface area contributed by atoms with E-state index in [9.17, 15) is 4.79 Å². The zero-order valence-electron chi connectivity index (χ0n) is 12.6. The summed E-state index contributed by atoms with van der Waals surface area (Å²) in [5.41, 5.74) is 3.63. The van der Waals surface area contributed by atoms with Crippen LogP contribution in [0.2, 0.25) is 0 Å². The highest BCUT2D eigenvalue weighted by atomic mass is 127. The highest BCUT2D eigenvalue weighted by molar-refractivity contribution is 14.1. The molecule has 4 heteroatoms. The van der Waals surface area contributed by atoms with Crippen molar-refractivity contribution in [3.05, 3.63) is 63.2 Å². The molecule has 3 rings (SSSR count). The van der Waals surface area contributed by atoms with Crippen LogP contribution < -0.4 is 5.32 Å². The summed E-state index contributed by atoms with van der Waals surface area (Å²) in [6, 6.07) is 16.7. The van der Waals surface area contributed by atoms with Crippen LogP contribution in [0.1, 0.15) is 23.6 Å². The maximum atomic E-state index is 12.2. The van der Waals surface area contributed by atoms with Crippen LogP contribution in [-0.4, -0.2) is 24.4 Å². The highest BCUT2D eigenvalue weighted by Crippen LogP contribution is 2.34. The van der Waals surface area contributed by atoms with Gasteiger partial charge in [0.25, 0.3) is 0 Å². The molecule has 0 bridgehead atoms. The lowest BCUT2D eigenvalue weighted by molar-refractivity contribution is -0.117. The molecule has 1 amide bonds. The third kappa shape index (κ3) is 3.50. The first-order valence-corrected chi connectivity index (χ1v) is 8.55. The normalized spacial score (nSPS) is 16.6. The second-order valence-electron chi connectivity index (χ2n) is 5.72. The predicted octanol–water partition coefficient (Wildman–Crippen LogP) is 3.85. The molecule has 0 saturated carbocycles. The van der Waals surface area contributed by atoms with E-state index in [0.717, 1.165) is 22.1 Å². The maximum absolute atomic E-state index is 12.2. The molecule has 3 nitrogen and oxygen atoms in total. The van der Waals surface area contributed by atoms with E-state index in [-0.39, 0.29) is 5.91 Å². The molecule has 0 aliphatic heterocycles. The first-order chi connectivity index (χ1) is 10.6. The summed E-state index contributed by atoms with van der Waals surface area (Å²) in [7, 11) is 2.03. The van der Waals surface area contributed by atoms with Gasteiger partial charge in [0.1, 0.15) is 0 Å². The van der Waals surface area contributed by atoms with Gasteiger partial charge in [-0.25, -0.2) is 0 Å².